The largest absolute Gasteiger partial charge is 0.491 e. The average Bonchev–Trinajstić information content (AvgIpc) is 2.14. The molecule has 0 spiro atoms. The highest BCUT2D eigenvalue weighted by Gasteiger charge is 2.07. The van der Waals surface area contributed by atoms with Crippen LogP contribution in [0, 0.1) is 0 Å². The first kappa shape index (κ1) is 13.6. The van der Waals surface area contributed by atoms with Gasteiger partial charge >= 0.3 is 0 Å². The molecule has 1 unspecified atom stereocenters. The maximum atomic E-state index is 5.79. The maximum Gasteiger partial charge on any atom is 0.125 e. The first-order valence-corrected chi connectivity index (χ1v) is 5.74. The van der Waals surface area contributed by atoms with Gasteiger partial charge in [0.15, 0.2) is 0 Å². The van der Waals surface area contributed by atoms with Crippen molar-refractivity contribution in [2.24, 2.45) is 0 Å². The van der Waals surface area contributed by atoms with E-state index in [0.717, 1.165) is 5.75 Å². The van der Waals surface area contributed by atoms with Crippen molar-refractivity contribution < 1.29 is 14.2 Å². The minimum atomic E-state index is -0.0197. The fraction of sp³-hybridized carbons (Fsp3) is 0.538. The second-order valence-corrected chi connectivity index (χ2v) is 4.29. The molecule has 96 valence electrons. The highest BCUT2D eigenvalue weighted by molar-refractivity contribution is 5.50. The first-order valence-electron chi connectivity index (χ1n) is 5.74. The Morgan fingerprint density at radius 2 is 1.65 bits per heavy atom. The molecule has 1 atom stereocenters. The first-order chi connectivity index (χ1) is 8.01. The molecule has 4 heteroatoms. The van der Waals surface area contributed by atoms with E-state index < -0.39 is 0 Å². The zero-order chi connectivity index (χ0) is 12.8. The third-order valence-corrected chi connectivity index (χ3v) is 2.01. The van der Waals surface area contributed by atoms with Crippen LogP contribution in [-0.2, 0) is 4.74 Å². The van der Waals surface area contributed by atoms with Crippen LogP contribution in [-0.4, -0.2) is 25.9 Å². The SMILES string of the molecule is COCC(C)Oc1cc(N)cc(OC(C)C)c1. The minimum Gasteiger partial charge on any atom is -0.491 e. The van der Waals surface area contributed by atoms with Gasteiger partial charge in [0, 0.05) is 31.0 Å². The highest BCUT2D eigenvalue weighted by Crippen LogP contribution is 2.25. The van der Waals surface area contributed by atoms with Crippen LogP contribution in [0.15, 0.2) is 18.2 Å². The molecule has 0 aliphatic carbocycles. The van der Waals surface area contributed by atoms with E-state index >= 15 is 0 Å². The molecular formula is C13H21NO3. The molecular weight excluding hydrogens is 218 g/mol. The van der Waals surface area contributed by atoms with Crippen LogP contribution in [0.2, 0.25) is 0 Å². The van der Waals surface area contributed by atoms with Crippen LogP contribution in [0.1, 0.15) is 20.8 Å². The number of nitrogen functional groups attached to an aromatic ring is 1. The van der Waals surface area contributed by atoms with Gasteiger partial charge in [-0.2, -0.15) is 0 Å². The molecule has 2 N–H and O–H groups in total. The standard InChI is InChI=1S/C13H21NO3/c1-9(2)16-12-5-11(14)6-13(7-12)17-10(3)8-15-4/h5-7,9-10H,8,14H2,1-4H3. The number of hydrogen-bond donors (Lipinski definition) is 1. The Bertz CT molecular complexity index is 353. The molecule has 0 aliphatic rings. The van der Waals surface area contributed by atoms with Gasteiger partial charge in [-0.05, 0) is 20.8 Å². The topological polar surface area (TPSA) is 53.7 Å². The summed E-state index contributed by atoms with van der Waals surface area (Å²) in [4.78, 5) is 0. The molecule has 17 heavy (non-hydrogen) atoms. The summed E-state index contributed by atoms with van der Waals surface area (Å²) < 4.78 is 16.3. The second kappa shape index (κ2) is 6.35. The van der Waals surface area contributed by atoms with E-state index in [4.69, 9.17) is 19.9 Å². The number of hydrogen-bond acceptors (Lipinski definition) is 4. The second-order valence-electron chi connectivity index (χ2n) is 4.29. The Hall–Kier alpha value is -1.42. The lowest BCUT2D eigenvalue weighted by Crippen LogP contribution is -2.18. The molecule has 1 aromatic carbocycles. The summed E-state index contributed by atoms with van der Waals surface area (Å²) in [6, 6.07) is 5.40. The maximum absolute atomic E-state index is 5.79. The molecule has 0 amide bonds. The van der Waals surface area contributed by atoms with Crippen LogP contribution in [0.4, 0.5) is 5.69 Å². The predicted molar refractivity (Wildman–Crippen MR) is 68.6 cm³/mol. The summed E-state index contributed by atoms with van der Waals surface area (Å²) in [5.74, 6) is 1.42. The van der Waals surface area contributed by atoms with Crippen LogP contribution >= 0.6 is 0 Å². The summed E-state index contributed by atoms with van der Waals surface area (Å²) >= 11 is 0. The van der Waals surface area contributed by atoms with Crippen molar-refractivity contribution >= 4 is 5.69 Å². The molecule has 0 saturated carbocycles. The van der Waals surface area contributed by atoms with E-state index in [-0.39, 0.29) is 12.2 Å². The number of ether oxygens (including phenoxy) is 3. The zero-order valence-electron chi connectivity index (χ0n) is 10.9. The van der Waals surface area contributed by atoms with Crippen molar-refractivity contribution in [3.05, 3.63) is 18.2 Å². The molecule has 1 aromatic rings. The van der Waals surface area contributed by atoms with Crippen LogP contribution in [0.5, 0.6) is 11.5 Å². The van der Waals surface area contributed by atoms with Gasteiger partial charge in [0.1, 0.15) is 17.6 Å². The summed E-state index contributed by atoms with van der Waals surface area (Å²) in [6.07, 6.45) is 0.0924. The lowest BCUT2D eigenvalue weighted by atomic mass is 10.2. The van der Waals surface area contributed by atoms with Crippen molar-refractivity contribution in [2.75, 3.05) is 19.5 Å². The van der Waals surface area contributed by atoms with Gasteiger partial charge in [-0.25, -0.2) is 0 Å². The van der Waals surface area contributed by atoms with Gasteiger partial charge in [-0.1, -0.05) is 0 Å². The van der Waals surface area contributed by atoms with Crippen LogP contribution < -0.4 is 15.2 Å². The van der Waals surface area contributed by atoms with Gasteiger partial charge in [-0.15, -0.1) is 0 Å². The number of rotatable bonds is 6. The molecule has 0 heterocycles. The molecule has 4 nitrogen and oxygen atoms in total. The molecule has 0 radical (unpaired) electrons. The summed E-state index contributed by atoms with van der Waals surface area (Å²) in [5.41, 5.74) is 6.42. The Labute approximate surface area is 103 Å². The van der Waals surface area contributed by atoms with Gasteiger partial charge in [0.2, 0.25) is 0 Å². The molecule has 0 aliphatic heterocycles. The minimum absolute atomic E-state index is 0.0197. The van der Waals surface area contributed by atoms with Crippen LogP contribution in [0.3, 0.4) is 0 Å². The lowest BCUT2D eigenvalue weighted by molar-refractivity contribution is 0.0918. The van der Waals surface area contributed by atoms with Gasteiger partial charge in [0.25, 0.3) is 0 Å². The van der Waals surface area contributed by atoms with Crippen molar-refractivity contribution in [1.82, 2.24) is 0 Å². The third-order valence-electron chi connectivity index (χ3n) is 2.01. The molecule has 1 rings (SSSR count). The Kier molecular flexibility index (Phi) is 5.10. The van der Waals surface area contributed by atoms with Gasteiger partial charge in [0.05, 0.1) is 12.7 Å². The van der Waals surface area contributed by atoms with Gasteiger partial charge < -0.3 is 19.9 Å². The van der Waals surface area contributed by atoms with E-state index in [1.807, 2.05) is 26.8 Å². The number of benzene rings is 1. The molecule has 0 bridgehead atoms. The zero-order valence-corrected chi connectivity index (χ0v) is 10.9. The number of anilines is 1. The molecule has 0 fully saturated rings. The monoisotopic (exact) mass is 239 g/mol. The Morgan fingerprint density at radius 3 is 2.18 bits per heavy atom. The smallest absolute Gasteiger partial charge is 0.125 e. The highest BCUT2D eigenvalue weighted by atomic mass is 16.5. The van der Waals surface area contributed by atoms with Crippen molar-refractivity contribution in [3.63, 3.8) is 0 Å². The predicted octanol–water partition coefficient (Wildman–Crippen LogP) is 2.47. The van der Waals surface area contributed by atoms with Crippen molar-refractivity contribution in [3.8, 4) is 11.5 Å². The van der Waals surface area contributed by atoms with E-state index in [1.54, 1.807) is 19.2 Å². The number of methoxy groups -OCH3 is 1. The third kappa shape index (κ3) is 4.95. The summed E-state index contributed by atoms with van der Waals surface area (Å²) in [7, 11) is 1.65. The summed E-state index contributed by atoms with van der Waals surface area (Å²) in [6.45, 7) is 6.42. The molecule has 0 saturated heterocycles. The fourth-order valence-electron chi connectivity index (χ4n) is 1.50. The number of nitrogens with two attached hydrogens (primary N) is 1. The normalized spacial score (nSPS) is 12.5. The van der Waals surface area contributed by atoms with E-state index in [2.05, 4.69) is 0 Å². The van der Waals surface area contributed by atoms with Crippen LogP contribution in [0.25, 0.3) is 0 Å². The van der Waals surface area contributed by atoms with E-state index in [9.17, 15) is 0 Å². The van der Waals surface area contributed by atoms with Gasteiger partial charge in [-0.3, -0.25) is 0 Å². The Balaban J connectivity index is 2.74. The summed E-state index contributed by atoms with van der Waals surface area (Å²) in [5, 5.41) is 0. The lowest BCUT2D eigenvalue weighted by Gasteiger charge is -2.16. The van der Waals surface area contributed by atoms with Crippen molar-refractivity contribution in [2.45, 2.75) is 33.0 Å². The molecule has 0 aromatic heterocycles. The Morgan fingerprint density at radius 1 is 1.06 bits per heavy atom. The van der Waals surface area contributed by atoms with E-state index in [0.29, 0.717) is 18.0 Å². The fourth-order valence-corrected chi connectivity index (χ4v) is 1.50. The quantitative estimate of drug-likeness (QED) is 0.775. The average molecular weight is 239 g/mol. The van der Waals surface area contributed by atoms with Crippen molar-refractivity contribution in [1.29, 1.82) is 0 Å². The van der Waals surface area contributed by atoms with E-state index in [1.165, 1.54) is 0 Å².